The lowest BCUT2D eigenvalue weighted by molar-refractivity contribution is -0.130. The SMILES string of the molecule is CCOc1ccc(C[C@@H](NC(=O)Oc2sccc2C)C(=O)N[C@@H](Cc2ccccc2)C(=O)NCc2ccc(CN)cc2)cc1. The van der Waals surface area contributed by atoms with Gasteiger partial charge in [-0.3, -0.25) is 9.59 Å². The number of amides is 3. The lowest BCUT2D eigenvalue weighted by Gasteiger charge is -2.23. The minimum atomic E-state index is -1.02. The maximum Gasteiger partial charge on any atom is 0.414 e. The predicted octanol–water partition coefficient (Wildman–Crippen LogP) is 4.66. The van der Waals surface area contributed by atoms with Crippen LogP contribution in [0.4, 0.5) is 4.79 Å². The van der Waals surface area contributed by atoms with Crippen molar-refractivity contribution >= 4 is 29.2 Å². The first-order chi connectivity index (χ1) is 21.3. The summed E-state index contributed by atoms with van der Waals surface area (Å²) in [5, 5.41) is 10.8. The van der Waals surface area contributed by atoms with Crippen LogP contribution in [-0.2, 0) is 35.5 Å². The number of hydrogen-bond donors (Lipinski definition) is 4. The van der Waals surface area contributed by atoms with Crippen molar-refractivity contribution in [3.63, 3.8) is 0 Å². The van der Waals surface area contributed by atoms with E-state index in [0.29, 0.717) is 24.0 Å². The molecular formula is C34H38N4O5S. The molecule has 230 valence electrons. The lowest BCUT2D eigenvalue weighted by atomic mass is 10.0. The molecule has 0 saturated heterocycles. The van der Waals surface area contributed by atoms with Gasteiger partial charge < -0.3 is 31.2 Å². The van der Waals surface area contributed by atoms with E-state index in [-0.39, 0.29) is 25.3 Å². The van der Waals surface area contributed by atoms with Crippen molar-refractivity contribution < 1.29 is 23.9 Å². The third-order valence-corrected chi connectivity index (χ3v) is 7.82. The molecule has 9 nitrogen and oxygen atoms in total. The normalized spacial score (nSPS) is 12.1. The van der Waals surface area contributed by atoms with Gasteiger partial charge in [0.1, 0.15) is 17.8 Å². The monoisotopic (exact) mass is 614 g/mol. The molecule has 4 aromatic rings. The number of nitrogens with two attached hydrogens (primary N) is 1. The van der Waals surface area contributed by atoms with Gasteiger partial charge in [0.15, 0.2) is 5.06 Å². The van der Waals surface area contributed by atoms with E-state index in [4.69, 9.17) is 15.2 Å². The maximum atomic E-state index is 13.8. The largest absolute Gasteiger partial charge is 0.494 e. The van der Waals surface area contributed by atoms with Crippen molar-refractivity contribution in [3.8, 4) is 10.8 Å². The van der Waals surface area contributed by atoms with Gasteiger partial charge in [0.05, 0.1) is 6.61 Å². The lowest BCUT2D eigenvalue weighted by Crippen LogP contribution is -2.55. The van der Waals surface area contributed by atoms with E-state index in [1.807, 2.05) is 104 Å². The fourth-order valence-electron chi connectivity index (χ4n) is 4.49. The van der Waals surface area contributed by atoms with E-state index >= 15 is 0 Å². The van der Waals surface area contributed by atoms with E-state index in [9.17, 15) is 14.4 Å². The summed E-state index contributed by atoms with van der Waals surface area (Å²) in [6.07, 6.45) is -0.324. The minimum absolute atomic E-state index is 0.171. The summed E-state index contributed by atoms with van der Waals surface area (Å²) in [6, 6.07) is 24.3. The molecule has 0 spiro atoms. The smallest absolute Gasteiger partial charge is 0.414 e. The number of benzene rings is 3. The molecule has 1 heterocycles. The van der Waals surface area contributed by atoms with E-state index in [2.05, 4.69) is 16.0 Å². The molecule has 2 atom stereocenters. The fraction of sp³-hybridized carbons (Fsp3) is 0.265. The second-order valence-corrected chi connectivity index (χ2v) is 11.1. The highest BCUT2D eigenvalue weighted by atomic mass is 32.1. The van der Waals surface area contributed by atoms with Crippen LogP contribution in [0.5, 0.6) is 10.8 Å². The highest BCUT2D eigenvalue weighted by molar-refractivity contribution is 7.12. The van der Waals surface area contributed by atoms with Crippen LogP contribution < -0.4 is 31.2 Å². The van der Waals surface area contributed by atoms with Gasteiger partial charge in [-0.05, 0) is 59.7 Å². The van der Waals surface area contributed by atoms with Crippen molar-refractivity contribution in [1.29, 1.82) is 0 Å². The second-order valence-electron chi connectivity index (χ2n) is 10.2. The van der Waals surface area contributed by atoms with Crippen molar-refractivity contribution in [1.82, 2.24) is 16.0 Å². The summed E-state index contributed by atoms with van der Waals surface area (Å²) < 4.78 is 11.0. The predicted molar refractivity (Wildman–Crippen MR) is 172 cm³/mol. The standard InChI is InChI=1S/C34H38N4O5S/c1-3-42-28-15-13-25(14-16-28)20-30(38-34(41)43-33-23(2)17-18-44-33)32(40)37-29(19-24-7-5-4-6-8-24)31(39)36-22-27-11-9-26(21-35)10-12-27/h4-18,29-30H,3,19-22,35H2,1-2H3,(H,36,39)(H,37,40)(H,38,41)/t29-,30+/m0/s1. The van der Waals surface area contributed by atoms with E-state index in [1.165, 1.54) is 11.3 Å². The molecule has 5 N–H and O–H groups in total. The van der Waals surface area contributed by atoms with Gasteiger partial charge in [-0.1, -0.05) is 66.7 Å². The first-order valence-electron chi connectivity index (χ1n) is 14.5. The number of aryl methyl sites for hydroxylation is 1. The minimum Gasteiger partial charge on any atom is -0.494 e. The molecule has 4 rings (SSSR count). The Labute approximate surface area is 261 Å². The molecule has 0 bridgehead atoms. The molecule has 0 radical (unpaired) electrons. The molecular weight excluding hydrogens is 576 g/mol. The van der Waals surface area contributed by atoms with Gasteiger partial charge in [-0.25, -0.2) is 4.79 Å². The van der Waals surface area contributed by atoms with Gasteiger partial charge in [0, 0.05) is 31.5 Å². The first-order valence-corrected chi connectivity index (χ1v) is 15.4. The number of carbonyl (C=O) groups excluding carboxylic acids is 3. The quantitative estimate of drug-likeness (QED) is 0.163. The number of thiophene rings is 1. The van der Waals surface area contributed by atoms with Gasteiger partial charge in [0.2, 0.25) is 11.8 Å². The zero-order chi connectivity index (χ0) is 31.3. The average Bonchev–Trinajstić information content (AvgIpc) is 3.44. The Morgan fingerprint density at radius 2 is 1.39 bits per heavy atom. The molecule has 3 aromatic carbocycles. The van der Waals surface area contributed by atoms with Crippen molar-refractivity contribution in [2.75, 3.05) is 6.61 Å². The molecule has 1 aromatic heterocycles. The van der Waals surface area contributed by atoms with E-state index in [0.717, 1.165) is 27.8 Å². The molecule has 0 saturated carbocycles. The highest BCUT2D eigenvalue weighted by Gasteiger charge is 2.28. The maximum absolute atomic E-state index is 13.8. The van der Waals surface area contributed by atoms with Crippen molar-refractivity contribution in [2.45, 2.75) is 51.9 Å². The Morgan fingerprint density at radius 3 is 2.00 bits per heavy atom. The molecule has 0 aliphatic rings. The molecule has 0 unspecified atom stereocenters. The van der Waals surface area contributed by atoms with Gasteiger partial charge in [-0.2, -0.15) is 0 Å². The Kier molecular flexibility index (Phi) is 11.9. The Hall–Kier alpha value is -4.67. The number of nitrogens with one attached hydrogen (secondary N) is 3. The van der Waals surface area contributed by atoms with Crippen LogP contribution in [0.25, 0.3) is 0 Å². The number of ether oxygens (including phenoxy) is 2. The molecule has 44 heavy (non-hydrogen) atoms. The topological polar surface area (TPSA) is 132 Å². The van der Waals surface area contributed by atoms with Crippen LogP contribution in [0, 0.1) is 6.92 Å². The van der Waals surface area contributed by atoms with Crippen LogP contribution in [0.2, 0.25) is 0 Å². The molecule has 10 heteroatoms. The highest BCUT2D eigenvalue weighted by Crippen LogP contribution is 2.25. The number of rotatable bonds is 14. The zero-order valence-corrected chi connectivity index (χ0v) is 25.7. The van der Waals surface area contributed by atoms with Crippen LogP contribution in [0.15, 0.2) is 90.3 Å². The van der Waals surface area contributed by atoms with Crippen molar-refractivity contribution in [3.05, 3.63) is 118 Å². The van der Waals surface area contributed by atoms with Crippen LogP contribution in [0.1, 0.15) is 34.7 Å². The second kappa shape index (κ2) is 16.3. The van der Waals surface area contributed by atoms with Crippen LogP contribution in [0.3, 0.4) is 0 Å². The van der Waals surface area contributed by atoms with Gasteiger partial charge >= 0.3 is 6.09 Å². The summed E-state index contributed by atoms with van der Waals surface area (Å²) in [6.45, 7) is 4.99. The fourth-order valence-corrected chi connectivity index (χ4v) is 5.26. The van der Waals surface area contributed by atoms with Gasteiger partial charge in [-0.15, -0.1) is 11.3 Å². The number of carbonyl (C=O) groups is 3. The Bertz CT molecular complexity index is 1510. The molecule has 0 aliphatic carbocycles. The van der Waals surface area contributed by atoms with Gasteiger partial charge in [0.25, 0.3) is 0 Å². The third kappa shape index (κ3) is 9.68. The Balaban J connectivity index is 1.51. The first kappa shape index (κ1) is 32.2. The Morgan fingerprint density at radius 1 is 0.773 bits per heavy atom. The summed E-state index contributed by atoms with van der Waals surface area (Å²) in [5.74, 6) is -0.154. The molecule has 3 amide bonds. The summed E-state index contributed by atoms with van der Waals surface area (Å²) in [4.78, 5) is 40.1. The summed E-state index contributed by atoms with van der Waals surface area (Å²) in [7, 11) is 0. The molecule has 0 aliphatic heterocycles. The number of hydrogen-bond acceptors (Lipinski definition) is 7. The zero-order valence-electron chi connectivity index (χ0n) is 24.9. The van der Waals surface area contributed by atoms with E-state index in [1.54, 1.807) is 0 Å². The van der Waals surface area contributed by atoms with Crippen LogP contribution in [-0.4, -0.2) is 36.6 Å². The van der Waals surface area contributed by atoms with Crippen LogP contribution >= 0.6 is 11.3 Å². The van der Waals surface area contributed by atoms with Crippen molar-refractivity contribution in [2.24, 2.45) is 5.73 Å². The molecule has 0 fully saturated rings. The summed E-state index contributed by atoms with van der Waals surface area (Å²) in [5.41, 5.74) is 10.1. The van der Waals surface area contributed by atoms with E-state index < -0.39 is 24.1 Å². The third-order valence-electron chi connectivity index (χ3n) is 6.92. The summed E-state index contributed by atoms with van der Waals surface area (Å²) >= 11 is 1.29. The average molecular weight is 615 g/mol.